The number of methoxy groups -OCH3 is 1. The summed E-state index contributed by atoms with van der Waals surface area (Å²) in [4.78, 5) is 13.7. The van der Waals surface area contributed by atoms with Crippen LogP contribution in [-0.2, 0) is 14.3 Å². The van der Waals surface area contributed by atoms with Crippen molar-refractivity contribution < 1.29 is 19.4 Å². The highest BCUT2D eigenvalue weighted by Gasteiger charge is 2.41. The average Bonchev–Trinajstić information content (AvgIpc) is 2.37. The smallest absolute Gasteiger partial charge is 0.311 e. The summed E-state index contributed by atoms with van der Waals surface area (Å²) >= 11 is 0. The van der Waals surface area contributed by atoms with Crippen LogP contribution in [0.3, 0.4) is 0 Å². The highest BCUT2D eigenvalue weighted by molar-refractivity contribution is 5.75. The van der Waals surface area contributed by atoms with Crippen LogP contribution in [0.25, 0.3) is 0 Å². The van der Waals surface area contributed by atoms with E-state index >= 15 is 0 Å². The quantitative estimate of drug-likeness (QED) is 0.664. The molecule has 1 aliphatic heterocycles. The number of carboxylic acids is 1. The Balaban J connectivity index is 2.53. The number of ether oxygens (including phenoxy) is 2. The van der Waals surface area contributed by atoms with Gasteiger partial charge in [-0.3, -0.25) is 9.69 Å². The Morgan fingerprint density at radius 1 is 1.44 bits per heavy atom. The molecule has 0 amide bonds. The lowest BCUT2D eigenvalue weighted by Crippen LogP contribution is -2.49. The van der Waals surface area contributed by atoms with Gasteiger partial charge < -0.3 is 14.6 Å². The molecule has 0 aromatic carbocycles. The van der Waals surface area contributed by atoms with E-state index in [9.17, 15) is 9.90 Å². The lowest BCUT2D eigenvalue weighted by Gasteiger charge is -2.39. The van der Waals surface area contributed by atoms with Crippen LogP contribution in [0.2, 0.25) is 0 Å². The molecule has 1 N–H and O–H groups in total. The van der Waals surface area contributed by atoms with Gasteiger partial charge in [0.25, 0.3) is 0 Å². The minimum atomic E-state index is -0.694. The molecule has 106 valence electrons. The number of aliphatic carboxylic acids is 1. The van der Waals surface area contributed by atoms with Gasteiger partial charge >= 0.3 is 5.97 Å². The van der Waals surface area contributed by atoms with Crippen molar-refractivity contribution in [1.82, 2.24) is 4.90 Å². The fourth-order valence-electron chi connectivity index (χ4n) is 2.54. The summed E-state index contributed by atoms with van der Waals surface area (Å²) in [6, 6.07) is 0. The van der Waals surface area contributed by atoms with E-state index in [1.807, 2.05) is 6.92 Å². The Kier molecular flexibility index (Phi) is 6.60. The lowest BCUT2D eigenvalue weighted by atomic mass is 9.77. The zero-order chi connectivity index (χ0) is 13.4. The van der Waals surface area contributed by atoms with Gasteiger partial charge in [0, 0.05) is 33.4 Å². The van der Waals surface area contributed by atoms with E-state index in [4.69, 9.17) is 9.47 Å². The second kappa shape index (κ2) is 7.71. The van der Waals surface area contributed by atoms with Gasteiger partial charge in [0.1, 0.15) is 0 Å². The number of likely N-dealkylation sites (tertiary alicyclic amines) is 1. The van der Waals surface area contributed by atoms with Gasteiger partial charge in [-0.15, -0.1) is 0 Å². The second-order valence-corrected chi connectivity index (χ2v) is 4.90. The van der Waals surface area contributed by atoms with Crippen LogP contribution in [0.15, 0.2) is 0 Å². The highest BCUT2D eigenvalue weighted by atomic mass is 16.5. The van der Waals surface area contributed by atoms with Gasteiger partial charge in [-0.2, -0.15) is 0 Å². The first kappa shape index (κ1) is 15.4. The average molecular weight is 259 g/mol. The van der Waals surface area contributed by atoms with Crippen LogP contribution in [0.4, 0.5) is 0 Å². The molecule has 0 bridgehead atoms. The third-order valence-electron chi connectivity index (χ3n) is 3.65. The summed E-state index contributed by atoms with van der Waals surface area (Å²) in [6.07, 6.45) is 2.27. The summed E-state index contributed by atoms with van der Waals surface area (Å²) in [5, 5.41) is 9.49. The van der Waals surface area contributed by atoms with Crippen molar-refractivity contribution in [3.8, 4) is 0 Å². The Morgan fingerprint density at radius 2 is 2.22 bits per heavy atom. The number of hydrogen-bond donors (Lipinski definition) is 1. The van der Waals surface area contributed by atoms with Gasteiger partial charge in [-0.05, 0) is 32.7 Å². The van der Waals surface area contributed by atoms with E-state index < -0.39 is 11.4 Å². The largest absolute Gasteiger partial charge is 0.481 e. The summed E-state index contributed by atoms with van der Waals surface area (Å²) in [5.41, 5.74) is -0.638. The van der Waals surface area contributed by atoms with Crippen molar-refractivity contribution in [3.63, 3.8) is 0 Å². The molecule has 0 spiro atoms. The molecule has 18 heavy (non-hydrogen) atoms. The van der Waals surface area contributed by atoms with Crippen LogP contribution < -0.4 is 0 Å². The van der Waals surface area contributed by atoms with Gasteiger partial charge in [0.15, 0.2) is 0 Å². The first-order valence-corrected chi connectivity index (χ1v) is 6.67. The minimum Gasteiger partial charge on any atom is -0.481 e. The van der Waals surface area contributed by atoms with Crippen LogP contribution >= 0.6 is 0 Å². The monoisotopic (exact) mass is 259 g/mol. The highest BCUT2D eigenvalue weighted by Crippen LogP contribution is 2.33. The first-order valence-electron chi connectivity index (χ1n) is 6.67. The zero-order valence-corrected chi connectivity index (χ0v) is 11.5. The van der Waals surface area contributed by atoms with Gasteiger partial charge in [-0.25, -0.2) is 0 Å². The molecule has 0 unspecified atom stereocenters. The zero-order valence-electron chi connectivity index (χ0n) is 11.5. The van der Waals surface area contributed by atoms with E-state index in [1.54, 1.807) is 7.11 Å². The Labute approximate surface area is 109 Å². The van der Waals surface area contributed by atoms with Crippen molar-refractivity contribution in [1.29, 1.82) is 0 Å². The van der Waals surface area contributed by atoms with Crippen LogP contribution in [-0.4, -0.2) is 62.5 Å². The molecule has 0 aromatic rings. The summed E-state index contributed by atoms with van der Waals surface area (Å²) in [5.74, 6) is -0.694. The second-order valence-electron chi connectivity index (χ2n) is 4.90. The third kappa shape index (κ3) is 4.23. The van der Waals surface area contributed by atoms with E-state index in [2.05, 4.69) is 4.90 Å². The minimum absolute atomic E-state index is 0.506. The Morgan fingerprint density at radius 3 is 2.83 bits per heavy atom. The molecule has 1 heterocycles. The van der Waals surface area contributed by atoms with Crippen molar-refractivity contribution in [2.75, 3.05) is 46.6 Å². The van der Waals surface area contributed by atoms with Crippen LogP contribution in [0, 0.1) is 5.41 Å². The summed E-state index contributed by atoms with van der Waals surface area (Å²) in [7, 11) is 1.62. The fraction of sp³-hybridized carbons (Fsp3) is 0.923. The number of piperidine rings is 1. The molecule has 1 atom stereocenters. The molecule has 1 aliphatic rings. The molecular formula is C13H25NO4. The molecule has 0 aliphatic carbocycles. The predicted octanol–water partition coefficient (Wildman–Crippen LogP) is 1.23. The lowest BCUT2D eigenvalue weighted by molar-refractivity contribution is -0.154. The van der Waals surface area contributed by atoms with Crippen molar-refractivity contribution in [3.05, 3.63) is 0 Å². The number of carbonyl (C=O) groups is 1. The van der Waals surface area contributed by atoms with Crippen molar-refractivity contribution in [2.45, 2.75) is 26.2 Å². The molecule has 0 aromatic heterocycles. The van der Waals surface area contributed by atoms with Gasteiger partial charge in [0.2, 0.25) is 0 Å². The molecule has 1 saturated heterocycles. The van der Waals surface area contributed by atoms with Gasteiger partial charge in [0.05, 0.1) is 12.0 Å². The first-order chi connectivity index (χ1) is 8.64. The number of hydrogen-bond acceptors (Lipinski definition) is 4. The molecule has 1 fully saturated rings. The molecule has 5 nitrogen and oxygen atoms in total. The van der Waals surface area contributed by atoms with E-state index in [0.717, 1.165) is 25.9 Å². The van der Waals surface area contributed by atoms with Crippen LogP contribution in [0.5, 0.6) is 0 Å². The number of nitrogens with zero attached hydrogens (tertiary/aromatic N) is 1. The maximum absolute atomic E-state index is 11.5. The summed E-state index contributed by atoms with van der Waals surface area (Å²) < 4.78 is 10.4. The molecule has 0 radical (unpaired) electrons. The Hall–Kier alpha value is -0.650. The van der Waals surface area contributed by atoms with Crippen molar-refractivity contribution >= 4 is 5.97 Å². The Bertz CT molecular complexity index is 259. The third-order valence-corrected chi connectivity index (χ3v) is 3.65. The fourth-order valence-corrected chi connectivity index (χ4v) is 2.54. The number of rotatable bonds is 8. The predicted molar refractivity (Wildman–Crippen MR) is 68.7 cm³/mol. The number of carboxylic acid groups (broad SMARTS) is 1. The molecule has 1 rings (SSSR count). The van der Waals surface area contributed by atoms with E-state index in [1.165, 1.54) is 0 Å². The van der Waals surface area contributed by atoms with Gasteiger partial charge in [-0.1, -0.05) is 0 Å². The SMILES string of the molecule is CCOCCN1CCC[C@](CCOC)(C(=O)O)C1. The standard InChI is InChI=1S/C13H25NO4/c1-3-18-10-8-14-7-4-5-13(11-14,12(15)16)6-9-17-2/h3-11H2,1-2H3,(H,15,16)/t13-/m1/s1. The van der Waals surface area contributed by atoms with E-state index in [-0.39, 0.29) is 0 Å². The maximum atomic E-state index is 11.5. The summed E-state index contributed by atoms with van der Waals surface area (Å²) in [6.45, 7) is 6.25. The molecule has 0 saturated carbocycles. The topological polar surface area (TPSA) is 59.0 Å². The maximum Gasteiger partial charge on any atom is 0.311 e. The van der Waals surface area contributed by atoms with Crippen molar-refractivity contribution in [2.24, 2.45) is 5.41 Å². The molecule has 5 heteroatoms. The molecular weight excluding hydrogens is 234 g/mol. The van der Waals surface area contributed by atoms with E-state index in [0.29, 0.717) is 32.8 Å². The van der Waals surface area contributed by atoms with Crippen LogP contribution in [0.1, 0.15) is 26.2 Å². The normalized spacial score (nSPS) is 25.2.